The second kappa shape index (κ2) is 8.19. The molecule has 3 saturated heterocycles. The fourth-order valence-electron chi connectivity index (χ4n) is 4.12. The van der Waals surface area contributed by atoms with Crippen LogP contribution in [0.5, 0.6) is 0 Å². The van der Waals surface area contributed by atoms with Gasteiger partial charge in [-0.1, -0.05) is 0 Å². The van der Waals surface area contributed by atoms with Gasteiger partial charge in [0.1, 0.15) is 0 Å². The van der Waals surface area contributed by atoms with Gasteiger partial charge in [-0.15, -0.1) is 0 Å². The van der Waals surface area contributed by atoms with E-state index in [-0.39, 0.29) is 5.37 Å². The molecule has 0 aliphatic carbocycles. The van der Waals surface area contributed by atoms with Crippen molar-refractivity contribution < 1.29 is 9.47 Å². The van der Waals surface area contributed by atoms with Crippen molar-refractivity contribution in [2.75, 3.05) is 77.1 Å². The zero-order valence-corrected chi connectivity index (χ0v) is 20.4. The number of anilines is 1. The molecule has 3 fully saturated rings. The van der Waals surface area contributed by atoms with Gasteiger partial charge in [0.05, 0.1) is 0 Å². The van der Waals surface area contributed by atoms with E-state index in [1.807, 2.05) is 11.8 Å². The summed E-state index contributed by atoms with van der Waals surface area (Å²) in [6.45, 7) is 10.6. The Bertz CT molecular complexity index is 795. The number of thioether (sulfide) groups is 1. The topological polar surface area (TPSA) is 66.3 Å². The molecule has 146 valence electrons. The summed E-state index contributed by atoms with van der Waals surface area (Å²) in [5, 5.41) is 2.34. The number of aromatic nitrogens is 2. The Hall–Kier alpha value is -0.331. The van der Waals surface area contributed by atoms with E-state index in [2.05, 4.69) is 14.7 Å². The van der Waals surface area contributed by atoms with Crippen LogP contribution in [0, 0.1) is 3.42 Å². The van der Waals surface area contributed by atoms with Crippen molar-refractivity contribution in [1.82, 2.24) is 19.8 Å². The Morgan fingerprint density at radius 2 is 1.70 bits per heavy atom. The molecule has 4 aliphatic heterocycles. The maximum absolute atomic E-state index is 5.50. The van der Waals surface area contributed by atoms with Crippen molar-refractivity contribution >= 4 is 39.6 Å². The van der Waals surface area contributed by atoms with Gasteiger partial charge in [0.2, 0.25) is 0 Å². The molecule has 0 radical (unpaired) electrons. The maximum atomic E-state index is 5.50. The standard InChI is InChI=1S/C17H24N6O2S.Sn.2H/c1-5-24-6-2-22(1)13-9-21(10-13)11-14-20-15-16(18-12-19-17(15)26-14)23-3-7-25-8-4-23;;;/h13-14H,1-11H2;;;. The molecule has 0 saturated carbocycles. The summed E-state index contributed by atoms with van der Waals surface area (Å²) >= 11 is 2.44. The summed E-state index contributed by atoms with van der Waals surface area (Å²) in [6.07, 6.45) is 0. The number of nitrogens with zero attached hydrogens (tertiary/aromatic N) is 6. The van der Waals surface area contributed by atoms with Gasteiger partial charge in [0.15, 0.2) is 0 Å². The molecule has 27 heavy (non-hydrogen) atoms. The van der Waals surface area contributed by atoms with Crippen LogP contribution in [-0.2, 0) is 9.47 Å². The summed E-state index contributed by atoms with van der Waals surface area (Å²) in [4.78, 5) is 22.0. The van der Waals surface area contributed by atoms with Crippen molar-refractivity contribution in [3.8, 4) is 0 Å². The molecule has 1 atom stereocenters. The Labute approximate surface area is 175 Å². The van der Waals surface area contributed by atoms with Crippen LogP contribution in [0.4, 0.5) is 5.82 Å². The number of morpholine rings is 2. The van der Waals surface area contributed by atoms with E-state index < -0.39 is 0 Å². The minimum absolute atomic E-state index is 0.243. The van der Waals surface area contributed by atoms with E-state index in [0.29, 0.717) is 28.1 Å². The summed E-state index contributed by atoms with van der Waals surface area (Å²) in [5.41, 5.74) is 0. The number of hydrogen-bond acceptors (Lipinski definition) is 9. The van der Waals surface area contributed by atoms with E-state index in [9.17, 15) is 0 Å². The van der Waals surface area contributed by atoms with Crippen molar-refractivity contribution in [3.05, 3.63) is 8.78 Å². The third kappa shape index (κ3) is 4.04. The van der Waals surface area contributed by atoms with E-state index in [1.165, 1.54) is 0 Å². The quantitative estimate of drug-likeness (QED) is 0.360. The molecule has 1 aromatic rings. The minimum atomic E-state index is 0.243. The van der Waals surface area contributed by atoms with Crippen LogP contribution in [0.1, 0.15) is 0 Å². The first-order valence-corrected chi connectivity index (χ1v) is 12.6. The van der Waals surface area contributed by atoms with Gasteiger partial charge in [0.25, 0.3) is 0 Å². The van der Waals surface area contributed by atoms with Gasteiger partial charge in [-0.3, -0.25) is 0 Å². The number of fused-ring (bicyclic) bond motifs is 1. The van der Waals surface area contributed by atoms with Crippen LogP contribution in [0.3, 0.4) is 0 Å². The fourth-order valence-corrected chi connectivity index (χ4v) is 6.44. The first kappa shape index (κ1) is 18.7. The first-order valence-electron chi connectivity index (χ1n) is 9.74. The Morgan fingerprint density at radius 1 is 1.00 bits per heavy atom. The second-order valence-electron chi connectivity index (χ2n) is 7.44. The van der Waals surface area contributed by atoms with Gasteiger partial charge < -0.3 is 4.74 Å². The number of rotatable bonds is 4. The zero-order chi connectivity index (χ0) is 18.2. The monoisotopic (exact) mass is 498 g/mol. The molecule has 0 N–H and O–H groups in total. The van der Waals surface area contributed by atoms with Crippen LogP contribution >= 0.6 is 11.8 Å². The van der Waals surface area contributed by atoms with Crippen LogP contribution < -0.4 is 10.3 Å². The van der Waals surface area contributed by atoms with Gasteiger partial charge >= 0.3 is 171 Å². The summed E-state index contributed by atoms with van der Waals surface area (Å²) in [6, 6.07) is 0.695. The zero-order valence-electron chi connectivity index (χ0n) is 15.5. The molecule has 5 heterocycles. The molecule has 1 unspecified atom stereocenters. The van der Waals surface area contributed by atoms with Crippen LogP contribution in [0.2, 0.25) is 0 Å². The Morgan fingerprint density at radius 3 is 2.44 bits per heavy atom. The van der Waals surface area contributed by atoms with E-state index in [0.717, 1.165) is 91.9 Å². The van der Waals surface area contributed by atoms with Gasteiger partial charge in [-0.25, -0.2) is 0 Å². The third-order valence-corrected chi connectivity index (χ3v) is 7.56. The fraction of sp³-hybridized carbons (Fsp3) is 0.765. The van der Waals surface area contributed by atoms with Gasteiger partial charge in [-0.2, -0.15) is 0 Å². The number of ether oxygens (including phenoxy) is 2. The van der Waals surface area contributed by atoms with Crippen molar-refractivity contribution in [1.29, 1.82) is 0 Å². The molecular formula is C17H26N6O2SSn. The van der Waals surface area contributed by atoms with Crippen LogP contribution in [-0.4, -0.2) is 125 Å². The van der Waals surface area contributed by atoms with Gasteiger partial charge in [-0.05, 0) is 0 Å². The Kier molecular flexibility index (Phi) is 5.67. The Balaban J connectivity index is 1.25. The summed E-state index contributed by atoms with van der Waals surface area (Å²) < 4.78 is 12.0. The molecule has 1 aromatic heterocycles. The number of likely N-dealkylation sites (tertiary alicyclic amines) is 1. The second-order valence-corrected chi connectivity index (χ2v) is 10.4. The number of hydrogen-bond donors (Lipinski definition) is 0. The normalized spacial score (nSPS) is 27.3. The summed E-state index contributed by atoms with van der Waals surface area (Å²) in [7, 11) is 0. The molecule has 5 rings (SSSR count). The summed E-state index contributed by atoms with van der Waals surface area (Å²) in [5.74, 6) is 1.03. The molecule has 0 amide bonds. The van der Waals surface area contributed by atoms with E-state index >= 15 is 0 Å². The third-order valence-electron chi connectivity index (χ3n) is 5.63. The van der Waals surface area contributed by atoms with Crippen LogP contribution in [0.25, 0.3) is 0 Å². The average Bonchev–Trinajstić information content (AvgIpc) is 3.07. The molecule has 4 aliphatic rings. The molecule has 10 heteroatoms. The average molecular weight is 497 g/mol. The predicted molar refractivity (Wildman–Crippen MR) is 106 cm³/mol. The molecule has 0 aromatic carbocycles. The van der Waals surface area contributed by atoms with E-state index in [4.69, 9.17) is 24.4 Å². The molecule has 0 spiro atoms. The first-order chi connectivity index (χ1) is 13.3. The molecule has 8 nitrogen and oxygen atoms in total. The predicted octanol–water partition coefficient (Wildman–Crippen LogP) is -1.74. The van der Waals surface area contributed by atoms with Gasteiger partial charge in [0, 0.05) is 0 Å². The molecule has 0 bridgehead atoms. The van der Waals surface area contributed by atoms with Crippen molar-refractivity contribution in [3.63, 3.8) is 0 Å². The van der Waals surface area contributed by atoms with E-state index in [1.54, 1.807) is 0 Å². The van der Waals surface area contributed by atoms with Crippen molar-refractivity contribution in [2.45, 2.75) is 16.4 Å². The molecular weight excluding hydrogens is 471 g/mol. The van der Waals surface area contributed by atoms with Crippen LogP contribution in [0.15, 0.2) is 10.0 Å². The SMILES string of the molecule is [SnH2]=[c]1nc2c(c(N3CCOCC3)n1)=NC(CN1CC(N3CCOCC3)C1)S2. The van der Waals surface area contributed by atoms with Crippen molar-refractivity contribution in [2.24, 2.45) is 4.99 Å².